The number of alkyl halides is 3. The largest absolute Gasteiger partial charge is 0.473 e. The van der Waals surface area contributed by atoms with Crippen LogP contribution >= 0.6 is 0 Å². The van der Waals surface area contributed by atoms with Crippen molar-refractivity contribution in [3.05, 3.63) is 35.4 Å². The van der Waals surface area contributed by atoms with Crippen LogP contribution in [0.25, 0.3) is 0 Å². The SMILES string of the molecule is CS(=O)(=O)N1CCN(Cc2ccccc2C(F)(F)F)CC1.O=C(O)C(=O)O. The third-order valence-corrected chi connectivity index (χ3v) is 5.00. The highest BCUT2D eigenvalue weighted by Crippen LogP contribution is 2.32. The summed E-state index contributed by atoms with van der Waals surface area (Å²) in [5.41, 5.74) is -0.409. The Morgan fingerprint density at radius 1 is 1.04 bits per heavy atom. The summed E-state index contributed by atoms with van der Waals surface area (Å²) in [6.45, 7) is 1.66. The summed E-state index contributed by atoms with van der Waals surface area (Å²) in [6, 6.07) is 5.49. The molecule has 12 heteroatoms. The molecule has 1 saturated heterocycles. The van der Waals surface area contributed by atoms with E-state index in [1.165, 1.54) is 16.4 Å². The van der Waals surface area contributed by atoms with E-state index in [2.05, 4.69) is 0 Å². The van der Waals surface area contributed by atoms with Crippen molar-refractivity contribution in [3.63, 3.8) is 0 Å². The summed E-state index contributed by atoms with van der Waals surface area (Å²) in [6.07, 6.45) is -3.23. The minimum Gasteiger partial charge on any atom is -0.473 e. The number of carboxylic acids is 2. The van der Waals surface area contributed by atoms with Crippen LogP contribution in [0.4, 0.5) is 13.2 Å². The van der Waals surface area contributed by atoms with Gasteiger partial charge in [0.15, 0.2) is 0 Å². The smallest absolute Gasteiger partial charge is 0.416 e. The second kappa shape index (κ2) is 9.15. The molecule has 1 heterocycles. The van der Waals surface area contributed by atoms with E-state index < -0.39 is 33.7 Å². The fourth-order valence-corrected chi connectivity index (χ4v) is 3.22. The van der Waals surface area contributed by atoms with Crippen LogP contribution in [0.1, 0.15) is 11.1 Å². The topological polar surface area (TPSA) is 115 Å². The average Bonchev–Trinajstić information content (AvgIpc) is 2.54. The van der Waals surface area contributed by atoms with Crippen molar-refractivity contribution >= 4 is 22.0 Å². The molecule has 27 heavy (non-hydrogen) atoms. The van der Waals surface area contributed by atoms with Crippen LogP contribution in [0.3, 0.4) is 0 Å². The lowest BCUT2D eigenvalue weighted by Gasteiger charge is -2.33. The lowest BCUT2D eigenvalue weighted by Crippen LogP contribution is -2.47. The first-order chi connectivity index (χ1) is 12.3. The van der Waals surface area contributed by atoms with Crippen molar-refractivity contribution in [1.29, 1.82) is 0 Å². The van der Waals surface area contributed by atoms with Crippen molar-refractivity contribution in [2.45, 2.75) is 12.7 Å². The van der Waals surface area contributed by atoms with Crippen molar-refractivity contribution in [1.82, 2.24) is 9.21 Å². The van der Waals surface area contributed by atoms with Crippen LogP contribution in [0.2, 0.25) is 0 Å². The average molecular weight is 412 g/mol. The van der Waals surface area contributed by atoms with Gasteiger partial charge in [-0.05, 0) is 11.6 Å². The third-order valence-electron chi connectivity index (χ3n) is 3.70. The van der Waals surface area contributed by atoms with E-state index in [4.69, 9.17) is 19.8 Å². The Labute approximate surface area is 153 Å². The first-order valence-corrected chi connectivity index (χ1v) is 9.46. The number of hydrogen-bond donors (Lipinski definition) is 2. The molecule has 0 radical (unpaired) electrons. The van der Waals surface area contributed by atoms with Gasteiger partial charge < -0.3 is 10.2 Å². The van der Waals surface area contributed by atoms with Gasteiger partial charge in [0.2, 0.25) is 10.0 Å². The number of rotatable bonds is 3. The first kappa shape index (κ1) is 22.9. The van der Waals surface area contributed by atoms with Crippen LogP contribution in [-0.2, 0) is 32.3 Å². The zero-order valence-electron chi connectivity index (χ0n) is 14.3. The van der Waals surface area contributed by atoms with E-state index in [1.54, 1.807) is 6.07 Å². The number of nitrogens with zero attached hydrogens (tertiary/aromatic N) is 2. The van der Waals surface area contributed by atoms with Crippen molar-refractivity contribution < 1.29 is 41.4 Å². The van der Waals surface area contributed by atoms with Crippen molar-refractivity contribution in [3.8, 4) is 0 Å². The standard InChI is InChI=1S/C13H17F3N2O2S.C2H2O4/c1-21(19,20)18-8-6-17(7-9-18)10-11-4-2-3-5-12(11)13(14,15)16;3-1(4)2(5)6/h2-5H,6-10H2,1H3;(H,3,4)(H,5,6). The summed E-state index contributed by atoms with van der Waals surface area (Å²) in [5, 5.41) is 14.8. The molecular weight excluding hydrogens is 393 g/mol. The summed E-state index contributed by atoms with van der Waals surface area (Å²) in [5.74, 6) is -3.65. The van der Waals surface area contributed by atoms with E-state index in [-0.39, 0.29) is 12.1 Å². The molecule has 0 amide bonds. The predicted octanol–water partition coefficient (Wildman–Crippen LogP) is 0.938. The van der Waals surface area contributed by atoms with Gasteiger partial charge in [0, 0.05) is 32.7 Å². The Morgan fingerprint density at radius 3 is 1.93 bits per heavy atom. The molecule has 2 rings (SSSR count). The first-order valence-electron chi connectivity index (χ1n) is 7.61. The minimum absolute atomic E-state index is 0.174. The molecule has 1 aromatic carbocycles. The third kappa shape index (κ3) is 7.53. The number of halogens is 3. The van der Waals surface area contributed by atoms with Gasteiger partial charge in [-0.1, -0.05) is 18.2 Å². The van der Waals surface area contributed by atoms with Gasteiger partial charge in [0.05, 0.1) is 11.8 Å². The van der Waals surface area contributed by atoms with Gasteiger partial charge in [-0.15, -0.1) is 0 Å². The van der Waals surface area contributed by atoms with Gasteiger partial charge in [-0.2, -0.15) is 17.5 Å². The molecule has 0 bridgehead atoms. The number of piperazine rings is 1. The normalized spacial score (nSPS) is 16.3. The Kier molecular flexibility index (Phi) is 7.75. The lowest BCUT2D eigenvalue weighted by molar-refractivity contribution is -0.159. The minimum atomic E-state index is -4.37. The van der Waals surface area contributed by atoms with Crippen LogP contribution in [0.15, 0.2) is 24.3 Å². The van der Waals surface area contributed by atoms with Gasteiger partial charge >= 0.3 is 18.1 Å². The monoisotopic (exact) mass is 412 g/mol. The molecule has 1 aliphatic rings. The van der Waals surface area contributed by atoms with E-state index in [9.17, 15) is 21.6 Å². The summed E-state index contributed by atoms with van der Waals surface area (Å²) in [7, 11) is -3.23. The maximum Gasteiger partial charge on any atom is 0.416 e. The van der Waals surface area contributed by atoms with Crippen LogP contribution in [-0.4, -0.2) is 72.2 Å². The molecule has 8 nitrogen and oxygen atoms in total. The van der Waals surface area contributed by atoms with E-state index >= 15 is 0 Å². The summed E-state index contributed by atoms with van der Waals surface area (Å²) in [4.78, 5) is 20.0. The number of sulfonamides is 1. The Hall–Kier alpha value is -2.18. The highest BCUT2D eigenvalue weighted by Gasteiger charge is 2.33. The fourth-order valence-electron chi connectivity index (χ4n) is 2.39. The maximum atomic E-state index is 12.9. The molecular formula is C15H19F3N2O6S. The zero-order chi connectivity index (χ0) is 20.8. The molecule has 0 aliphatic carbocycles. The molecule has 1 fully saturated rings. The Balaban J connectivity index is 0.000000527. The summed E-state index contributed by atoms with van der Waals surface area (Å²) < 4.78 is 62.9. The molecule has 0 aromatic heterocycles. The van der Waals surface area contributed by atoms with E-state index in [0.29, 0.717) is 26.2 Å². The number of aliphatic carboxylic acids is 2. The van der Waals surface area contributed by atoms with Gasteiger partial charge in [0.1, 0.15) is 0 Å². The Bertz CT molecular complexity index is 762. The van der Waals surface area contributed by atoms with Gasteiger partial charge in [-0.3, -0.25) is 4.90 Å². The van der Waals surface area contributed by atoms with Crippen LogP contribution in [0, 0.1) is 0 Å². The van der Waals surface area contributed by atoms with Gasteiger partial charge in [-0.25, -0.2) is 18.0 Å². The molecule has 1 aliphatic heterocycles. The van der Waals surface area contributed by atoms with Crippen LogP contribution in [0.5, 0.6) is 0 Å². The van der Waals surface area contributed by atoms with Crippen LogP contribution < -0.4 is 0 Å². The number of hydrogen-bond acceptors (Lipinski definition) is 5. The quantitative estimate of drug-likeness (QED) is 0.710. The zero-order valence-corrected chi connectivity index (χ0v) is 15.1. The molecule has 1 aromatic rings. The molecule has 0 saturated carbocycles. The Morgan fingerprint density at radius 2 is 1.52 bits per heavy atom. The fraction of sp³-hybridized carbons (Fsp3) is 0.467. The molecule has 152 valence electrons. The number of benzene rings is 1. The van der Waals surface area contributed by atoms with Crippen molar-refractivity contribution in [2.75, 3.05) is 32.4 Å². The molecule has 0 atom stereocenters. The van der Waals surface area contributed by atoms with E-state index in [0.717, 1.165) is 12.3 Å². The second-order valence-electron chi connectivity index (χ2n) is 5.70. The second-order valence-corrected chi connectivity index (χ2v) is 7.69. The highest BCUT2D eigenvalue weighted by molar-refractivity contribution is 7.88. The molecule has 2 N–H and O–H groups in total. The van der Waals surface area contributed by atoms with Gasteiger partial charge in [0.25, 0.3) is 0 Å². The highest BCUT2D eigenvalue weighted by atomic mass is 32.2. The summed E-state index contributed by atoms with van der Waals surface area (Å²) >= 11 is 0. The number of carbonyl (C=O) groups is 2. The lowest BCUT2D eigenvalue weighted by atomic mass is 10.1. The van der Waals surface area contributed by atoms with E-state index in [1.807, 2.05) is 4.90 Å². The van der Waals surface area contributed by atoms with Crippen molar-refractivity contribution in [2.24, 2.45) is 0 Å². The number of carboxylic acid groups (broad SMARTS) is 2. The molecule has 0 unspecified atom stereocenters. The molecule has 0 spiro atoms. The predicted molar refractivity (Wildman–Crippen MR) is 88.4 cm³/mol. The maximum absolute atomic E-state index is 12.9.